The molecule has 0 radical (unpaired) electrons. The summed E-state index contributed by atoms with van der Waals surface area (Å²) in [7, 11) is 0. The maximum Gasteiger partial charge on any atom is 0.134 e. The van der Waals surface area contributed by atoms with Gasteiger partial charge in [0.05, 0.1) is 5.57 Å². The van der Waals surface area contributed by atoms with Crippen molar-refractivity contribution in [2.24, 2.45) is 5.73 Å². The van der Waals surface area contributed by atoms with Crippen molar-refractivity contribution >= 4 is 39.2 Å². The Morgan fingerprint density at radius 1 is 1.26 bits per heavy atom. The molecule has 0 amide bonds. The summed E-state index contributed by atoms with van der Waals surface area (Å²) in [5.41, 5.74) is 6.61. The number of thiocarbonyl (C=S) groups is 1. The van der Waals surface area contributed by atoms with Crippen molar-refractivity contribution in [1.82, 2.24) is 0 Å². The monoisotopic (exact) mass is 332 g/mol. The molecule has 2 rings (SSSR count). The zero-order valence-corrected chi connectivity index (χ0v) is 12.2. The number of nitriles is 1. The molecule has 3 nitrogen and oxygen atoms in total. The van der Waals surface area contributed by atoms with E-state index in [4.69, 9.17) is 27.6 Å². The SMILES string of the molecule is N#C/C(=C\c1ccc(-c2ccc(Br)cc2)o1)C(N)=S. The van der Waals surface area contributed by atoms with Gasteiger partial charge in [0.15, 0.2) is 0 Å². The van der Waals surface area contributed by atoms with E-state index >= 15 is 0 Å². The quantitative estimate of drug-likeness (QED) is 0.526. The zero-order chi connectivity index (χ0) is 13.8. The Labute approximate surface area is 124 Å². The lowest BCUT2D eigenvalue weighted by molar-refractivity contribution is 0.571. The number of hydrogen-bond donors (Lipinski definition) is 1. The van der Waals surface area contributed by atoms with Crippen LogP contribution >= 0.6 is 28.1 Å². The van der Waals surface area contributed by atoms with E-state index in [1.165, 1.54) is 6.08 Å². The molecule has 1 aromatic heterocycles. The van der Waals surface area contributed by atoms with Gasteiger partial charge in [-0.15, -0.1) is 0 Å². The van der Waals surface area contributed by atoms with Gasteiger partial charge in [-0.3, -0.25) is 0 Å². The number of hydrogen-bond acceptors (Lipinski definition) is 3. The van der Waals surface area contributed by atoms with E-state index in [0.717, 1.165) is 15.8 Å². The lowest BCUT2D eigenvalue weighted by Gasteiger charge is -1.97. The van der Waals surface area contributed by atoms with E-state index in [-0.39, 0.29) is 10.6 Å². The van der Waals surface area contributed by atoms with Crippen LogP contribution in [-0.4, -0.2) is 4.99 Å². The molecule has 94 valence electrons. The van der Waals surface area contributed by atoms with Gasteiger partial charge in [-0.1, -0.05) is 40.3 Å². The number of nitrogens with zero attached hydrogens (tertiary/aromatic N) is 1. The Morgan fingerprint density at radius 2 is 1.95 bits per heavy atom. The van der Waals surface area contributed by atoms with Gasteiger partial charge in [0, 0.05) is 16.1 Å². The summed E-state index contributed by atoms with van der Waals surface area (Å²) in [4.78, 5) is 0.0593. The summed E-state index contributed by atoms with van der Waals surface area (Å²) in [6, 6.07) is 13.3. The van der Waals surface area contributed by atoms with E-state index < -0.39 is 0 Å². The fourth-order valence-electron chi connectivity index (χ4n) is 1.50. The Morgan fingerprint density at radius 3 is 2.53 bits per heavy atom. The van der Waals surface area contributed by atoms with Gasteiger partial charge < -0.3 is 10.2 Å². The second-order valence-electron chi connectivity index (χ2n) is 3.74. The summed E-state index contributed by atoms with van der Waals surface area (Å²) < 4.78 is 6.64. The second-order valence-corrected chi connectivity index (χ2v) is 5.10. The van der Waals surface area contributed by atoms with Crippen molar-refractivity contribution in [2.45, 2.75) is 0 Å². The fourth-order valence-corrected chi connectivity index (χ4v) is 1.87. The first-order chi connectivity index (χ1) is 9.10. The standard InChI is InChI=1S/C14H9BrN2OS/c15-11-3-1-9(2-4-11)13-6-5-12(18-13)7-10(8-16)14(17)19/h1-7H,(H2,17,19)/b10-7+. The highest BCUT2D eigenvalue weighted by atomic mass is 79.9. The number of benzene rings is 1. The first kappa shape index (κ1) is 13.5. The summed E-state index contributed by atoms with van der Waals surface area (Å²) in [5, 5.41) is 8.88. The van der Waals surface area contributed by atoms with Crippen LogP contribution in [0.4, 0.5) is 0 Å². The first-order valence-electron chi connectivity index (χ1n) is 5.37. The highest BCUT2D eigenvalue weighted by Gasteiger charge is 2.05. The van der Waals surface area contributed by atoms with Crippen LogP contribution in [0.3, 0.4) is 0 Å². The van der Waals surface area contributed by atoms with Crippen molar-refractivity contribution in [1.29, 1.82) is 5.26 Å². The molecule has 0 aliphatic heterocycles. The molecule has 19 heavy (non-hydrogen) atoms. The molecular formula is C14H9BrN2OS. The lowest BCUT2D eigenvalue weighted by atomic mass is 10.2. The molecule has 0 spiro atoms. The Balaban J connectivity index is 2.32. The summed E-state index contributed by atoms with van der Waals surface area (Å²) >= 11 is 8.15. The normalized spacial score (nSPS) is 11.1. The van der Waals surface area contributed by atoms with E-state index in [1.807, 2.05) is 36.4 Å². The number of halogens is 1. The van der Waals surface area contributed by atoms with Gasteiger partial charge in [-0.25, -0.2) is 0 Å². The Kier molecular flexibility index (Phi) is 4.15. The minimum atomic E-state index is 0.0593. The van der Waals surface area contributed by atoms with Gasteiger partial charge >= 0.3 is 0 Å². The third-order valence-electron chi connectivity index (χ3n) is 2.43. The fraction of sp³-hybridized carbons (Fsp3) is 0. The third-order valence-corrected chi connectivity index (χ3v) is 3.18. The van der Waals surface area contributed by atoms with Crippen molar-refractivity contribution in [2.75, 3.05) is 0 Å². The maximum absolute atomic E-state index is 8.88. The van der Waals surface area contributed by atoms with E-state index in [0.29, 0.717) is 5.76 Å². The minimum absolute atomic E-state index is 0.0593. The largest absolute Gasteiger partial charge is 0.457 e. The molecule has 0 saturated heterocycles. The molecule has 2 aromatic rings. The topological polar surface area (TPSA) is 63.0 Å². The maximum atomic E-state index is 8.88. The smallest absolute Gasteiger partial charge is 0.134 e. The lowest BCUT2D eigenvalue weighted by Crippen LogP contribution is -2.09. The Hall–Kier alpha value is -1.90. The molecule has 0 saturated carbocycles. The second kappa shape index (κ2) is 5.83. The molecule has 0 aliphatic carbocycles. The number of nitrogens with two attached hydrogens (primary N) is 1. The van der Waals surface area contributed by atoms with Crippen LogP contribution in [0.5, 0.6) is 0 Å². The zero-order valence-electron chi connectivity index (χ0n) is 9.76. The number of rotatable bonds is 3. The highest BCUT2D eigenvalue weighted by Crippen LogP contribution is 2.24. The molecule has 1 aromatic carbocycles. The van der Waals surface area contributed by atoms with Crippen molar-refractivity contribution in [3.05, 3.63) is 52.2 Å². The molecule has 0 atom stereocenters. The van der Waals surface area contributed by atoms with Crippen LogP contribution in [0, 0.1) is 11.3 Å². The van der Waals surface area contributed by atoms with Crippen LogP contribution in [0.1, 0.15) is 5.76 Å². The van der Waals surface area contributed by atoms with Crippen LogP contribution in [0.25, 0.3) is 17.4 Å². The van der Waals surface area contributed by atoms with Gasteiger partial charge in [-0.2, -0.15) is 5.26 Å². The van der Waals surface area contributed by atoms with E-state index in [1.54, 1.807) is 6.07 Å². The summed E-state index contributed by atoms with van der Waals surface area (Å²) in [6.45, 7) is 0. The summed E-state index contributed by atoms with van der Waals surface area (Å²) in [5.74, 6) is 1.27. The van der Waals surface area contributed by atoms with Crippen molar-refractivity contribution in [3.8, 4) is 17.4 Å². The van der Waals surface area contributed by atoms with Crippen LogP contribution < -0.4 is 5.73 Å². The minimum Gasteiger partial charge on any atom is -0.457 e. The van der Waals surface area contributed by atoms with Crippen molar-refractivity contribution in [3.63, 3.8) is 0 Å². The van der Waals surface area contributed by atoms with Crippen molar-refractivity contribution < 1.29 is 4.42 Å². The van der Waals surface area contributed by atoms with Gasteiger partial charge in [0.1, 0.15) is 22.6 Å². The molecule has 0 aliphatic rings. The van der Waals surface area contributed by atoms with Crippen LogP contribution in [-0.2, 0) is 0 Å². The molecule has 5 heteroatoms. The molecule has 0 bridgehead atoms. The molecule has 1 heterocycles. The van der Waals surface area contributed by atoms with Gasteiger partial charge in [-0.05, 0) is 24.3 Å². The summed E-state index contributed by atoms with van der Waals surface area (Å²) in [6.07, 6.45) is 1.53. The Bertz CT molecular complexity index is 680. The predicted molar refractivity (Wildman–Crippen MR) is 82.2 cm³/mol. The van der Waals surface area contributed by atoms with Gasteiger partial charge in [0.25, 0.3) is 0 Å². The van der Waals surface area contributed by atoms with Crippen LogP contribution in [0.15, 0.2) is 50.9 Å². The third kappa shape index (κ3) is 3.31. The predicted octanol–water partition coefficient (Wildman–Crippen LogP) is 3.90. The van der Waals surface area contributed by atoms with Gasteiger partial charge in [0.2, 0.25) is 0 Å². The molecule has 2 N–H and O–H groups in total. The first-order valence-corrected chi connectivity index (χ1v) is 6.57. The molecule has 0 fully saturated rings. The van der Waals surface area contributed by atoms with E-state index in [9.17, 15) is 0 Å². The van der Waals surface area contributed by atoms with Crippen LogP contribution in [0.2, 0.25) is 0 Å². The number of furan rings is 1. The highest BCUT2D eigenvalue weighted by molar-refractivity contribution is 9.10. The average Bonchev–Trinajstić information content (AvgIpc) is 2.85. The molecule has 0 unspecified atom stereocenters. The van der Waals surface area contributed by atoms with E-state index in [2.05, 4.69) is 15.9 Å². The average molecular weight is 333 g/mol. The molecular weight excluding hydrogens is 324 g/mol.